The van der Waals surface area contributed by atoms with Crippen LogP contribution in [0.15, 0.2) is 60.8 Å². The fourth-order valence-corrected chi connectivity index (χ4v) is 4.16. The largest absolute Gasteiger partial charge is 0.377 e. The Bertz CT molecular complexity index is 1170. The van der Waals surface area contributed by atoms with Gasteiger partial charge in [-0.1, -0.05) is 26.0 Å². The molecule has 2 aromatic carbocycles. The van der Waals surface area contributed by atoms with Gasteiger partial charge in [-0.15, -0.1) is 0 Å². The van der Waals surface area contributed by atoms with E-state index in [-0.39, 0.29) is 18.2 Å². The highest BCUT2D eigenvalue weighted by Crippen LogP contribution is 2.32. The van der Waals surface area contributed by atoms with E-state index in [1.165, 1.54) is 5.56 Å². The van der Waals surface area contributed by atoms with E-state index in [4.69, 9.17) is 0 Å². The first-order valence-corrected chi connectivity index (χ1v) is 11.3. The molecule has 170 valence electrons. The van der Waals surface area contributed by atoms with Crippen LogP contribution in [0.1, 0.15) is 46.9 Å². The predicted octanol–water partition coefficient (Wildman–Crippen LogP) is 4.66. The molecule has 1 N–H and O–H groups in total. The summed E-state index contributed by atoms with van der Waals surface area (Å²) >= 11 is 0. The minimum atomic E-state index is -0.143. The maximum atomic E-state index is 13.1. The topological polar surface area (TPSA) is 65.5 Å². The van der Waals surface area contributed by atoms with E-state index in [1.54, 1.807) is 6.20 Å². The lowest BCUT2D eigenvalue weighted by Crippen LogP contribution is -2.30. The summed E-state index contributed by atoms with van der Waals surface area (Å²) in [5.41, 5.74) is 6.19. The number of carbonyl (C=O) groups is 2. The van der Waals surface area contributed by atoms with Gasteiger partial charge in [0.25, 0.3) is 5.91 Å². The number of nitrogens with one attached hydrogen (secondary N) is 1. The molecular weight excluding hydrogens is 412 g/mol. The van der Waals surface area contributed by atoms with Crippen molar-refractivity contribution in [2.24, 2.45) is 0 Å². The predicted molar refractivity (Wildman–Crippen MR) is 133 cm³/mol. The minimum absolute atomic E-state index is 0.0325. The van der Waals surface area contributed by atoms with Gasteiger partial charge in [0.2, 0.25) is 5.91 Å². The Labute approximate surface area is 195 Å². The molecule has 0 saturated carbocycles. The van der Waals surface area contributed by atoms with Gasteiger partial charge in [0, 0.05) is 49.6 Å². The molecule has 2 amide bonds. The van der Waals surface area contributed by atoms with Crippen molar-refractivity contribution in [3.05, 3.63) is 83.2 Å². The van der Waals surface area contributed by atoms with Crippen LogP contribution in [-0.4, -0.2) is 37.4 Å². The second kappa shape index (κ2) is 9.45. The van der Waals surface area contributed by atoms with Crippen molar-refractivity contribution in [2.75, 3.05) is 35.8 Å². The summed E-state index contributed by atoms with van der Waals surface area (Å²) in [6.45, 7) is 4.92. The molecule has 4 rings (SSSR count). The van der Waals surface area contributed by atoms with Crippen LogP contribution in [0.5, 0.6) is 0 Å². The van der Waals surface area contributed by atoms with E-state index in [9.17, 15) is 9.59 Å². The Morgan fingerprint density at radius 3 is 2.61 bits per heavy atom. The van der Waals surface area contributed by atoms with E-state index < -0.39 is 0 Å². The van der Waals surface area contributed by atoms with Gasteiger partial charge >= 0.3 is 0 Å². The van der Waals surface area contributed by atoms with Crippen LogP contribution in [0.2, 0.25) is 0 Å². The van der Waals surface area contributed by atoms with Crippen molar-refractivity contribution in [1.82, 2.24) is 4.98 Å². The number of fused-ring (bicyclic) bond motifs is 1. The van der Waals surface area contributed by atoms with Gasteiger partial charge < -0.3 is 15.1 Å². The van der Waals surface area contributed by atoms with Crippen molar-refractivity contribution in [3.63, 3.8) is 0 Å². The number of rotatable bonds is 6. The maximum absolute atomic E-state index is 13.1. The lowest BCUT2D eigenvalue weighted by molar-refractivity contribution is -0.117. The third kappa shape index (κ3) is 4.90. The molecule has 0 saturated heterocycles. The summed E-state index contributed by atoms with van der Waals surface area (Å²) in [6.07, 6.45) is 2.74. The number of amides is 2. The van der Waals surface area contributed by atoms with Crippen molar-refractivity contribution in [2.45, 2.75) is 32.6 Å². The van der Waals surface area contributed by atoms with Crippen LogP contribution in [0.4, 0.5) is 17.1 Å². The van der Waals surface area contributed by atoms with Crippen LogP contribution >= 0.6 is 0 Å². The van der Waals surface area contributed by atoms with E-state index >= 15 is 0 Å². The number of nitrogens with zero attached hydrogens (tertiary/aromatic N) is 3. The third-order valence-corrected chi connectivity index (χ3v) is 6.01. The first-order chi connectivity index (χ1) is 15.8. The molecule has 0 unspecified atom stereocenters. The molecule has 0 radical (unpaired) electrons. The quantitative estimate of drug-likeness (QED) is 0.603. The van der Waals surface area contributed by atoms with E-state index in [0.29, 0.717) is 18.0 Å². The third-order valence-electron chi connectivity index (χ3n) is 6.01. The highest BCUT2D eigenvalue weighted by molar-refractivity contribution is 6.08. The zero-order chi connectivity index (χ0) is 23.5. The highest BCUT2D eigenvalue weighted by Gasteiger charge is 2.25. The maximum Gasteiger partial charge on any atom is 0.257 e. The molecule has 6 heteroatoms. The van der Waals surface area contributed by atoms with Crippen LogP contribution in [-0.2, 0) is 17.6 Å². The summed E-state index contributed by atoms with van der Waals surface area (Å²) in [5.74, 6) is 0.279. The van der Waals surface area contributed by atoms with Crippen LogP contribution < -0.4 is 15.1 Å². The fourth-order valence-electron chi connectivity index (χ4n) is 4.16. The summed E-state index contributed by atoms with van der Waals surface area (Å²) < 4.78 is 0. The molecule has 0 aliphatic carbocycles. The van der Waals surface area contributed by atoms with Gasteiger partial charge in [-0.3, -0.25) is 14.6 Å². The SMILES string of the molecule is CC(C)c1ccc(C(=O)Nc2ccc3c(c2)CCN3C(=O)Cc2ccccn2)c(N(C)C)c1. The Kier molecular flexibility index (Phi) is 6.45. The van der Waals surface area contributed by atoms with Gasteiger partial charge in [0.15, 0.2) is 0 Å². The number of carbonyl (C=O) groups excluding carboxylic acids is 2. The molecule has 1 aromatic heterocycles. The number of anilines is 3. The monoisotopic (exact) mass is 442 g/mol. The number of aromatic nitrogens is 1. The molecule has 0 fully saturated rings. The van der Waals surface area contributed by atoms with Crippen molar-refractivity contribution in [1.29, 1.82) is 0 Å². The molecule has 1 aliphatic rings. The van der Waals surface area contributed by atoms with Crippen LogP contribution in [0, 0.1) is 0 Å². The van der Waals surface area contributed by atoms with Crippen molar-refractivity contribution < 1.29 is 9.59 Å². The Balaban J connectivity index is 1.50. The fraction of sp³-hybridized carbons (Fsp3) is 0.296. The van der Waals surface area contributed by atoms with Gasteiger partial charge in [0.1, 0.15) is 0 Å². The van der Waals surface area contributed by atoms with E-state index in [2.05, 4.69) is 30.2 Å². The summed E-state index contributed by atoms with van der Waals surface area (Å²) in [5, 5.41) is 3.04. The molecule has 6 nitrogen and oxygen atoms in total. The molecule has 2 heterocycles. The molecule has 0 atom stereocenters. The number of hydrogen-bond acceptors (Lipinski definition) is 4. The highest BCUT2D eigenvalue weighted by atomic mass is 16.2. The standard InChI is InChI=1S/C27H30N4O2/c1-18(2)19-8-10-23(25(16-19)30(3)4)27(33)29-22-9-11-24-20(15-22)12-14-31(24)26(32)17-21-7-5-6-13-28-21/h5-11,13,15-16,18H,12,14,17H2,1-4H3,(H,29,33). The lowest BCUT2D eigenvalue weighted by Gasteiger charge is -2.20. The minimum Gasteiger partial charge on any atom is -0.377 e. The Hall–Kier alpha value is -3.67. The zero-order valence-corrected chi connectivity index (χ0v) is 19.6. The second-order valence-corrected chi connectivity index (χ2v) is 8.92. The Morgan fingerprint density at radius 2 is 1.91 bits per heavy atom. The second-order valence-electron chi connectivity index (χ2n) is 8.92. The summed E-state index contributed by atoms with van der Waals surface area (Å²) in [4.78, 5) is 33.9. The van der Waals surface area contributed by atoms with Crippen molar-refractivity contribution in [3.8, 4) is 0 Å². The molecular formula is C27H30N4O2. The molecule has 1 aliphatic heterocycles. The average molecular weight is 443 g/mol. The van der Waals surface area contributed by atoms with Crippen LogP contribution in [0.25, 0.3) is 0 Å². The lowest BCUT2D eigenvalue weighted by atomic mass is 9.99. The normalized spacial score (nSPS) is 12.6. The number of benzene rings is 2. The average Bonchev–Trinajstić information content (AvgIpc) is 3.22. The van der Waals surface area contributed by atoms with Gasteiger partial charge in [-0.2, -0.15) is 0 Å². The number of pyridine rings is 1. The van der Waals surface area contributed by atoms with Gasteiger partial charge in [-0.25, -0.2) is 0 Å². The Morgan fingerprint density at radius 1 is 1.09 bits per heavy atom. The summed E-state index contributed by atoms with van der Waals surface area (Å²) in [6, 6.07) is 17.3. The smallest absolute Gasteiger partial charge is 0.257 e. The number of hydrogen-bond donors (Lipinski definition) is 1. The van der Waals surface area contributed by atoms with Crippen molar-refractivity contribution >= 4 is 28.9 Å². The molecule has 33 heavy (non-hydrogen) atoms. The molecule has 0 spiro atoms. The van der Waals surface area contributed by atoms with Gasteiger partial charge in [-0.05, 0) is 65.9 Å². The summed E-state index contributed by atoms with van der Waals surface area (Å²) in [7, 11) is 3.89. The zero-order valence-electron chi connectivity index (χ0n) is 19.6. The molecule has 0 bridgehead atoms. The van der Waals surface area contributed by atoms with Gasteiger partial charge in [0.05, 0.1) is 12.0 Å². The first kappa shape index (κ1) is 22.5. The first-order valence-electron chi connectivity index (χ1n) is 11.3. The molecule has 3 aromatic rings. The van der Waals surface area contributed by atoms with E-state index in [1.807, 2.05) is 72.4 Å². The van der Waals surface area contributed by atoms with Crippen LogP contribution in [0.3, 0.4) is 0 Å². The van der Waals surface area contributed by atoms with E-state index in [0.717, 1.165) is 34.7 Å².